The highest BCUT2D eigenvalue weighted by molar-refractivity contribution is 5.94. The number of hydrogen-bond acceptors (Lipinski definition) is 5. The predicted octanol–water partition coefficient (Wildman–Crippen LogP) is 2.39. The lowest BCUT2D eigenvalue weighted by Crippen LogP contribution is -2.47. The Hall–Kier alpha value is -2.54. The molecule has 3 aliphatic rings. The van der Waals surface area contributed by atoms with Gasteiger partial charge in [-0.15, -0.1) is 0 Å². The summed E-state index contributed by atoms with van der Waals surface area (Å²) in [6, 6.07) is 6.89. The summed E-state index contributed by atoms with van der Waals surface area (Å²) in [5, 5.41) is 2.86. The normalized spacial score (nSPS) is 22.5. The molecule has 27 heavy (non-hydrogen) atoms. The van der Waals surface area contributed by atoms with Gasteiger partial charge >= 0.3 is 0 Å². The molecule has 2 atom stereocenters. The summed E-state index contributed by atoms with van der Waals surface area (Å²) in [7, 11) is 1.75. The molecule has 3 saturated heterocycles. The Kier molecular flexibility index (Phi) is 5.03. The molecule has 142 valence electrons. The number of anilines is 1. The maximum atomic E-state index is 13.1. The number of aromatic nitrogens is 2. The highest BCUT2D eigenvalue weighted by Gasteiger charge is 2.37. The van der Waals surface area contributed by atoms with E-state index >= 15 is 0 Å². The molecule has 2 bridgehead atoms. The minimum Gasteiger partial charge on any atom is -0.357 e. The van der Waals surface area contributed by atoms with Gasteiger partial charge < -0.3 is 10.2 Å². The minimum absolute atomic E-state index is 0.0102. The highest BCUT2D eigenvalue weighted by Crippen LogP contribution is 2.30. The Morgan fingerprint density at radius 1 is 1.15 bits per heavy atom. The molecule has 1 aromatic carbocycles. The maximum absolute atomic E-state index is 13.1. The van der Waals surface area contributed by atoms with Crippen LogP contribution in [0.4, 0.5) is 10.3 Å². The van der Waals surface area contributed by atoms with Crippen molar-refractivity contribution < 1.29 is 9.18 Å². The van der Waals surface area contributed by atoms with Crippen molar-refractivity contribution >= 4 is 11.9 Å². The first-order valence-electron chi connectivity index (χ1n) is 9.40. The zero-order valence-electron chi connectivity index (χ0n) is 15.4. The van der Waals surface area contributed by atoms with Crippen molar-refractivity contribution in [2.45, 2.75) is 25.4 Å². The zero-order valence-corrected chi connectivity index (χ0v) is 15.4. The summed E-state index contributed by atoms with van der Waals surface area (Å²) in [6.45, 7) is 3.37. The van der Waals surface area contributed by atoms with E-state index in [2.05, 4.69) is 20.2 Å². The maximum Gasteiger partial charge on any atom is 0.257 e. The van der Waals surface area contributed by atoms with Crippen LogP contribution in [0.25, 0.3) is 0 Å². The molecule has 1 N–H and O–H groups in total. The van der Waals surface area contributed by atoms with Gasteiger partial charge in [0.25, 0.3) is 5.91 Å². The van der Waals surface area contributed by atoms with E-state index in [1.54, 1.807) is 19.4 Å². The minimum atomic E-state index is -0.210. The lowest BCUT2D eigenvalue weighted by molar-refractivity contribution is 0.0584. The molecule has 5 rings (SSSR count). The third-order valence-electron chi connectivity index (χ3n) is 5.49. The summed E-state index contributed by atoms with van der Waals surface area (Å²) in [5.41, 5.74) is 1.64. The second-order valence-corrected chi connectivity index (χ2v) is 7.42. The zero-order chi connectivity index (χ0) is 18.8. The molecule has 1 amide bonds. The Labute approximate surface area is 158 Å². The molecule has 0 aliphatic carbocycles. The lowest BCUT2D eigenvalue weighted by Gasteiger charge is -2.36. The van der Waals surface area contributed by atoms with Crippen LogP contribution in [-0.2, 0) is 6.54 Å². The Bertz CT molecular complexity index is 795. The van der Waals surface area contributed by atoms with Crippen molar-refractivity contribution in [3.63, 3.8) is 0 Å². The van der Waals surface area contributed by atoms with E-state index in [-0.39, 0.29) is 17.8 Å². The highest BCUT2D eigenvalue weighted by atomic mass is 19.1. The van der Waals surface area contributed by atoms with E-state index in [1.807, 2.05) is 17.0 Å². The van der Waals surface area contributed by atoms with Crippen LogP contribution in [-0.4, -0.2) is 58.4 Å². The quantitative estimate of drug-likeness (QED) is 0.897. The number of benzene rings is 1. The van der Waals surface area contributed by atoms with Crippen LogP contribution < -0.4 is 5.32 Å². The number of hydrogen-bond donors (Lipinski definition) is 1. The molecule has 4 heterocycles. The van der Waals surface area contributed by atoms with Crippen LogP contribution in [0.3, 0.4) is 0 Å². The first-order chi connectivity index (χ1) is 13.1. The van der Waals surface area contributed by atoms with E-state index in [0.29, 0.717) is 17.4 Å². The van der Waals surface area contributed by atoms with Crippen LogP contribution in [0, 0.1) is 11.7 Å². The van der Waals surface area contributed by atoms with Gasteiger partial charge in [-0.25, -0.2) is 14.4 Å². The predicted molar refractivity (Wildman–Crippen MR) is 101 cm³/mol. The van der Waals surface area contributed by atoms with Gasteiger partial charge in [-0.05, 0) is 36.5 Å². The second-order valence-electron chi connectivity index (χ2n) is 7.42. The molecule has 6 nitrogen and oxygen atoms in total. The fraction of sp³-hybridized carbons (Fsp3) is 0.450. The summed E-state index contributed by atoms with van der Waals surface area (Å²) in [5.74, 6) is 0.772. The monoisotopic (exact) mass is 369 g/mol. The number of halogens is 1. The summed E-state index contributed by atoms with van der Waals surface area (Å²) < 4.78 is 13.1. The van der Waals surface area contributed by atoms with Gasteiger partial charge in [0.2, 0.25) is 5.95 Å². The summed E-state index contributed by atoms with van der Waals surface area (Å²) in [6.07, 6.45) is 5.35. The van der Waals surface area contributed by atoms with Crippen LogP contribution in [0.15, 0.2) is 36.7 Å². The van der Waals surface area contributed by atoms with Crippen molar-refractivity contribution in [1.82, 2.24) is 19.8 Å². The van der Waals surface area contributed by atoms with Gasteiger partial charge in [0.1, 0.15) is 5.82 Å². The number of fused-ring (bicyclic) bond motifs is 4. The van der Waals surface area contributed by atoms with Gasteiger partial charge in [0, 0.05) is 51.7 Å². The first kappa shape index (κ1) is 17.9. The molecule has 3 aliphatic heterocycles. The number of piperidine rings is 1. The van der Waals surface area contributed by atoms with Crippen LogP contribution in [0.5, 0.6) is 0 Å². The average Bonchev–Trinajstić information content (AvgIpc) is 3.00. The molecule has 0 unspecified atom stereocenters. The van der Waals surface area contributed by atoms with Gasteiger partial charge in [0.05, 0.1) is 5.56 Å². The largest absolute Gasteiger partial charge is 0.357 e. The molecule has 3 fully saturated rings. The fourth-order valence-electron chi connectivity index (χ4n) is 4.14. The molecule has 7 heteroatoms. The Morgan fingerprint density at radius 2 is 1.89 bits per heavy atom. The smallest absolute Gasteiger partial charge is 0.257 e. The van der Waals surface area contributed by atoms with E-state index in [9.17, 15) is 9.18 Å². The van der Waals surface area contributed by atoms with Gasteiger partial charge in [-0.3, -0.25) is 9.69 Å². The molecular formula is C20H24FN5O. The number of nitrogens with one attached hydrogen (secondary N) is 1. The van der Waals surface area contributed by atoms with Crippen LogP contribution >= 0.6 is 0 Å². The number of nitrogens with zero attached hydrogens (tertiary/aromatic N) is 4. The van der Waals surface area contributed by atoms with Crippen LogP contribution in [0.1, 0.15) is 28.8 Å². The number of carbonyl (C=O) groups excluding carboxylic acids is 1. The summed E-state index contributed by atoms with van der Waals surface area (Å²) in [4.78, 5) is 25.7. The number of rotatable bonds is 4. The molecular weight excluding hydrogens is 345 g/mol. The van der Waals surface area contributed by atoms with E-state index in [0.717, 1.165) is 44.6 Å². The van der Waals surface area contributed by atoms with Crippen molar-refractivity contribution in [3.05, 3.63) is 53.6 Å². The van der Waals surface area contributed by atoms with Crippen molar-refractivity contribution in [3.8, 4) is 0 Å². The molecule has 0 radical (unpaired) electrons. The topological polar surface area (TPSA) is 61.4 Å². The number of amides is 1. The third kappa shape index (κ3) is 3.93. The molecule has 1 aromatic heterocycles. The van der Waals surface area contributed by atoms with Crippen molar-refractivity contribution in [1.29, 1.82) is 0 Å². The standard InChI is InChI=1S/C20H24FN5O/c1-22-20-23-8-16(9-24-20)19(27)26-12-15-4-7-18(26)13-25(11-15)10-14-2-5-17(21)6-3-14/h2-3,5-6,8-9,15,18H,4,7,10-13H2,1H3,(H,22,23,24)/t15-,18+/m0/s1. The molecule has 2 aromatic rings. The second kappa shape index (κ2) is 7.60. The van der Waals surface area contributed by atoms with E-state index in [1.165, 1.54) is 12.1 Å². The SMILES string of the molecule is CNc1ncc(C(=O)N2C[C@H]3CC[C@@H]2CN(Cc2ccc(F)cc2)C3)cn1. The summed E-state index contributed by atoms with van der Waals surface area (Å²) >= 11 is 0. The Morgan fingerprint density at radius 3 is 2.59 bits per heavy atom. The van der Waals surface area contributed by atoms with Gasteiger partial charge in [-0.1, -0.05) is 12.1 Å². The van der Waals surface area contributed by atoms with Gasteiger partial charge in [0.15, 0.2) is 0 Å². The van der Waals surface area contributed by atoms with Crippen molar-refractivity contribution in [2.24, 2.45) is 5.92 Å². The molecule has 0 spiro atoms. The van der Waals surface area contributed by atoms with E-state index < -0.39 is 0 Å². The average molecular weight is 369 g/mol. The first-order valence-corrected chi connectivity index (χ1v) is 9.40. The van der Waals surface area contributed by atoms with Crippen LogP contribution in [0.2, 0.25) is 0 Å². The van der Waals surface area contributed by atoms with Gasteiger partial charge in [-0.2, -0.15) is 0 Å². The van der Waals surface area contributed by atoms with E-state index in [4.69, 9.17) is 0 Å². The fourth-order valence-corrected chi connectivity index (χ4v) is 4.14. The number of carbonyl (C=O) groups is 1. The molecule has 0 saturated carbocycles. The Balaban J connectivity index is 1.47. The van der Waals surface area contributed by atoms with Crippen molar-refractivity contribution in [2.75, 3.05) is 32.0 Å². The third-order valence-corrected chi connectivity index (χ3v) is 5.49. The lowest BCUT2D eigenvalue weighted by atomic mass is 9.94.